The van der Waals surface area contributed by atoms with Gasteiger partial charge in [-0.15, -0.1) is 0 Å². The molecule has 3 aromatic rings. The van der Waals surface area contributed by atoms with Crippen molar-refractivity contribution in [2.24, 2.45) is 5.92 Å². The molecule has 1 aliphatic carbocycles. The van der Waals surface area contributed by atoms with Crippen LogP contribution >= 0.6 is 0 Å². The molecule has 1 aliphatic rings. The largest absolute Gasteiger partial charge is 0.388 e. The highest BCUT2D eigenvalue weighted by molar-refractivity contribution is 5.78. The third-order valence-electron chi connectivity index (χ3n) is 4.47. The summed E-state index contributed by atoms with van der Waals surface area (Å²) < 4.78 is 0. The molecule has 2 heteroatoms. The van der Waals surface area contributed by atoms with Crippen LogP contribution in [0.15, 0.2) is 60.8 Å². The maximum absolute atomic E-state index is 10.5. The Hall–Kier alpha value is -2.19. The highest BCUT2D eigenvalue weighted by Crippen LogP contribution is 2.37. The molecule has 2 unspecified atom stereocenters. The van der Waals surface area contributed by atoms with Crippen LogP contribution in [0.4, 0.5) is 0 Å². The number of nitrogens with zero attached hydrogens (tertiary/aromatic N) is 1. The van der Waals surface area contributed by atoms with Crippen molar-refractivity contribution in [2.45, 2.75) is 18.9 Å². The van der Waals surface area contributed by atoms with Gasteiger partial charge in [0.1, 0.15) is 0 Å². The normalized spacial score (nSPS) is 20.6. The molecule has 0 saturated carbocycles. The van der Waals surface area contributed by atoms with Crippen LogP contribution in [-0.2, 0) is 12.8 Å². The summed E-state index contributed by atoms with van der Waals surface area (Å²) in [6.45, 7) is 0. The summed E-state index contributed by atoms with van der Waals surface area (Å²) in [5.74, 6) is 0.275. The SMILES string of the molecule is OC1c2ccccc2CC1Cc1ccc2ncccc2c1. The fourth-order valence-electron chi connectivity index (χ4n) is 3.40. The lowest BCUT2D eigenvalue weighted by Gasteiger charge is -2.15. The second kappa shape index (κ2) is 4.97. The number of aromatic nitrogens is 1. The first-order valence-electron chi connectivity index (χ1n) is 7.41. The van der Waals surface area contributed by atoms with Gasteiger partial charge in [-0.05, 0) is 53.6 Å². The van der Waals surface area contributed by atoms with Crippen LogP contribution < -0.4 is 0 Å². The molecule has 1 heterocycles. The number of fused-ring (bicyclic) bond motifs is 2. The molecule has 4 rings (SSSR count). The summed E-state index contributed by atoms with van der Waals surface area (Å²) in [6, 6.07) is 18.7. The zero-order chi connectivity index (χ0) is 14.2. The molecule has 0 saturated heterocycles. The first-order valence-corrected chi connectivity index (χ1v) is 7.41. The Bertz CT molecular complexity index is 796. The van der Waals surface area contributed by atoms with E-state index in [-0.39, 0.29) is 12.0 Å². The summed E-state index contributed by atoms with van der Waals surface area (Å²) in [6.07, 6.45) is 3.34. The van der Waals surface area contributed by atoms with Gasteiger partial charge in [0.15, 0.2) is 0 Å². The van der Waals surface area contributed by atoms with E-state index in [1.54, 1.807) is 0 Å². The Kier molecular flexibility index (Phi) is 2.97. The Morgan fingerprint density at radius 3 is 2.86 bits per heavy atom. The number of benzene rings is 2. The Labute approximate surface area is 124 Å². The minimum Gasteiger partial charge on any atom is -0.388 e. The summed E-state index contributed by atoms with van der Waals surface area (Å²) in [4.78, 5) is 4.35. The molecule has 21 heavy (non-hydrogen) atoms. The fraction of sp³-hybridized carbons (Fsp3) is 0.211. The van der Waals surface area contributed by atoms with Crippen LogP contribution in [0, 0.1) is 5.92 Å². The maximum atomic E-state index is 10.5. The second-order valence-corrected chi connectivity index (χ2v) is 5.84. The number of hydrogen-bond acceptors (Lipinski definition) is 2. The number of aliphatic hydroxyl groups excluding tert-OH is 1. The predicted octanol–water partition coefficient (Wildman–Crippen LogP) is 3.68. The van der Waals surface area contributed by atoms with Gasteiger partial charge in [-0.3, -0.25) is 4.98 Å². The van der Waals surface area contributed by atoms with Gasteiger partial charge in [0.05, 0.1) is 11.6 Å². The van der Waals surface area contributed by atoms with Crippen molar-refractivity contribution in [1.82, 2.24) is 4.98 Å². The van der Waals surface area contributed by atoms with Crippen LogP contribution in [0.1, 0.15) is 22.8 Å². The Morgan fingerprint density at radius 2 is 1.95 bits per heavy atom. The average Bonchev–Trinajstić information content (AvgIpc) is 2.84. The van der Waals surface area contributed by atoms with E-state index in [9.17, 15) is 5.11 Å². The zero-order valence-corrected chi connectivity index (χ0v) is 11.7. The van der Waals surface area contributed by atoms with Crippen LogP contribution in [0.25, 0.3) is 10.9 Å². The minimum absolute atomic E-state index is 0.275. The minimum atomic E-state index is -0.342. The standard InChI is InChI=1S/C19H17NO/c21-19-16(12-14-4-1-2-6-17(14)19)11-13-7-8-18-15(10-13)5-3-9-20-18/h1-10,16,19,21H,11-12H2. The van der Waals surface area contributed by atoms with E-state index in [4.69, 9.17) is 0 Å². The summed E-state index contributed by atoms with van der Waals surface area (Å²) in [5, 5.41) is 11.7. The number of hydrogen-bond donors (Lipinski definition) is 1. The van der Waals surface area contributed by atoms with Crippen LogP contribution in [0.2, 0.25) is 0 Å². The molecule has 1 N–H and O–H groups in total. The van der Waals surface area contributed by atoms with Crippen LogP contribution in [-0.4, -0.2) is 10.1 Å². The van der Waals surface area contributed by atoms with Crippen molar-refractivity contribution in [2.75, 3.05) is 0 Å². The Morgan fingerprint density at radius 1 is 1.05 bits per heavy atom. The third kappa shape index (κ3) is 2.22. The van der Waals surface area contributed by atoms with E-state index < -0.39 is 0 Å². The van der Waals surface area contributed by atoms with Crippen molar-refractivity contribution < 1.29 is 5.11 Å². The zero-order valence-electron chi connectivity index (χ0n) is 11.7. The van der Waals surface area contributed by atoms with Gasteiger partial charge < -0.3 is 5.11 Å². The van der Waals surface area contributed by atoms with Crippen molar-refractivity contribution in [3.63, 3.8) is 0 Å². The van der Waals surface area contributed by atoms with Crippen LogP contribution in [0.5, 0.6) is 0 Å². The molecular formula is C19H17NO. The van der Waals surface area contributed by atoms with E-state index in [0.29, 0.717) is 0 Å². The van der Waals surface area contributed by atoms with Crippen LogP contribution in [0.3, 0.4) is 0 Å². The number of aliphatic hydroxyl groups is 1. The highest BCUT2D eigenvalue weighted by atomic mass is 16.3. The van der Waals surface area contributed by atoms with Gasteiger partial charge in [0.2, 0.25) is 0 Å². The van der Waals surface area contributed by atoms with Gasteiger partial charge in [-0.25, -0.2) is 0 Å². The monoisotopic (exact) mass is 275 g/mol. The lowest BCUT2D eigenvalue weighted by molar-refractivity contribution is 0.123. The van der Waals surface area contributed by atoms with E-state index in [0.717, 1.165) is 23.9 Å². The van der Waals surface area contributed by atoms with Crippen molar-refractivity contribution in [3.8, 4) is 0 Å². The van der Waals surface area contributed by atoms with E-state index in [2.05, 4.69) is 41.4 Å². The van der Waals surface area contributed by atoms with E-state index in [1.807, 2.05) is 24.4 Å². The predicted molar refractivity (Wildman–Crippen MR) is 84.0 cm³/mol. The molecule has 2 aromatic carbocycles. The lowest BCUT2D eigenvalue weighted by Crippen LogP contribution is -2.10. The first kappa shape index (κ1) is 12.5. The summed E-state index contributed by atoms with van der Waals surface area (Å²) in [5.41, 5.74) is 4.69. The summed E-state index contributed by atoms with van der Waals surface area (Å²) >= 11 is 0. The molecule has 0 bridgehead atoms. The fourth-order valence-corrected chi connectivity index (χ4v) is 3.40. The van der Waals surface area contributed by atoms with Gasteiger partial charge in [-0.2, -0.15) is 0 Å². The van der Waals surface area contributed by atoms with Gasteiger partial charge in [0.25, 0.3) is 0 Å². The molecule has 2 nitrogen and oxygen atoms in total. The maximum Gasteiger partial charge on any atom is 0.0827 e. The topological polar surface area (TPSA) is 33.1 Å². The molecule has 0 aliphatic heterocycles. The van der Waals surface area contributed by atoms with Crippen molar-refractivity contribution >= 4 is 10.9 Å². The highest BCUT2D eigenvalue weighted by Gasteiger charge is 2.30. The molecule has 0 fully saturated rings. The molecule has 0 amide bonds. The quantitative estimate of drug-likeness (QED) is 0.774. The Balaban J connectivity index is 1.61. The van der Waals surface area contributed by atoms with Crippen molar-refractivity contribution in [1.29, 1.82) is 0 Å². The number of pyridine rings is 1. The molecule has 0 spiro atoms. The molecule has 2 atom stereocenters. The smallest absolute Gasteiger partial charge is 0.0827 e. The van der Waals surface area contributed by atoms with Crippen molar-refractivity contribution in [3.05, 3.63) is 77.5 Å². The summed E-state index contributed by atoms with van der Waals surface area (Å²) in [7, 11) is 0. The number of rotatable bonds is 2. The van der Waals surface area contributed by atoms with Gasteiger partial charge in [-0.1, -0.05) is 36.4 Å². The van der Waals surface area contributed by atoms with E-state index in [1.165, 1.54) is 16.5 Å². The lowest BCUT2D eigenvalue weighted by atomic mass is 9.94. The second-order valence-electron chi connectivity index (χ2n) is 5.84. The average molecular weight is 275 g/mol. The van der Waals surface area contributed by atoms with Gasteiger partial charge in [0, 0.05) is 11.6 Å². The van der Waals surface area contributed by atoms with Gasteiger partial charge >= 0.3 is 0 Å². The molecule has 1 aromatic heterocycles. The molecule has 104 valence electrons. The van der Waals surface area contributed by atoms with E-state index >= 15 is 0 Å². The molecular weight excluding hydrogens is 258 g/mol. The molecule has 0 radical (unpaired) electrons. The third-order valence-corrected chi connectivity index (χ3v) is 4.47. The first-order chi connectivity index (χ1) is 10.3.